The predicted molar refractivity (Wildman–Crippen MR) is 76.0 cm³/mol. The van der Waals surface area contributed by atoms with Gasteiger partial charge in [0.2, 0.25) is 0 Å². The standard InChI is InChI=1S/C15H12F2O3S/c16-10-5-6-12(17)14(9-10)21-8-7-20-13-4-2-1-3-11(13)15(18)19/h1-6,9H,7-8H2,(H,18,19). The number of halogens is 2. The number of thioether (sulfide) groups is 1. The highest BCUT2D eigenvalue weighted by atomic mass is 32.2. The molecule has 0 heterocycles. The fraction of sp³-hybridized carbons (Fsp3) is 0.133. The molecular formula is C15H12F2O3S. The van der Waals surface area contributed by atoms with Gasteiger partial charge in [0.05, 0.1) is 6.61 Å². The zero-order valence-electron chi connectivity index (χ0n) is 10.9. The first-order valence-electron chi connectivity index (χ1n) is 6.11. The molecule has 3 nitrogen and oxygen atoms in total. The molecule has 0 radical (unpaired) electrons. The van der Waals surface area contributed by atoms with Crippen LogP contribution < -0.4 is 4.74 Å². The second kappa shape index (κ2) is 7.08. The van der Waals surface area contributed by atoms with Gasteiger partial charge in [0.1, 0.15) is 22.9 Å². The molecule has 0 spiro atoms. The van der Waals surface area contributed by atoms with Crippen LogP contribution in [0.5, 0.6) is 5.75 Å². The number of carboxylic acids is 1. The van der Waals surface area contributed by atoms with Crippen molar-refractivity contribution >= 4 is 17.7 Å². The Balaban J connectivity index is 1.91. The monoisotopic (exact) mass is 310 g/mol. The first-order valence-corrected chi connectivity index (χ1v) is 7.09. The van der Waals surface area contributed by atoms with Gasteiger partial charge in [-0.05, 0) is 30.3 Å². The van der Waals surface area contributed by atoms with Gasteiger partial charge >= 0.3 is 5.97 Å². The molecule has 21 heavy (non-hydrogen) atoms. The van der Waals surface area contributed by atoms with Gasteiger partial charge < -0.3 is 9.84 Å². The van der Waals surface area contributed by atoms with Gasteiger partial charge in [0.15, 0.2) is 0 Å². The number of rotatable bonds is 6. The lowest BCUT2D eigenvalue weighted by Crippen LogP contribution is -2.05. The van der Waals surface area contributed by atoms with Crippen LogP contribution >= 0.6 is 11.8 Å². The summed E-state index contributed by atoms with van der Waals surface area (Å²) in [5, 5.41) is 8.99. The van der Waals surface area contributed by atoms with E-state index in [-0.39, 0.29) is 22.8 Å². The molecule has 0 aliphatic carbocycles. The summed E-state index contributed by atoms with van der Waals surface area (Å²) in [7, 11) is 0. The molecule has 6 heteroatoms. The largest absolute Gasteiger partial charge is 0.492 e. The van der Waals surface area contributed by atoms with E-state index in [4.69, 9.17) is 9.84 Å². The van der Waals surface area contributed by atoms with E-state index in [9.17, 15) is 13.6 Å². The van der Waals surface area contributed by atoms with E-state index >= 15 is 0 Å². The minimum Gasteiger partial charge on any atom is -0.492 e. The van der Waals surface area contributed by atoms with Crippen LogP contribution in [0.4, 0.5) is 8.78 Å². The highest BCUT2D eigenvalue weighted by molar-refractivity contribution is 7.99. The number of para-hydroxylation sites is 1. The molecule has 2 aromatic rings. The van der Waals surface area contributed by atoms with Crippen molar-refractivity contribution < 1.29 is 23.4 Å². The van der Waals surface area contributed by atoms with Crippen molar-refractivity contribution in [3.63, 3.8) is 0 Å². The van der Waals surface area contributed by atoms with Crippen LogP contribution in [0, 0.1) is 11.6 Å². The number of carboxylic acid groups (broad SMARTS) is 1. The van der Waals surface area contributed by atoms with Crippen LogP contribution in [0.25, 0.3) is 0 Å². The second-order valence-electron chi connectivity index (χ2n) is 4.07. The average molecular weight is 310 g/mol. The normalized spacial score (nSPS) is 10.4. The third-order valence-corrected chi connectivity index (χ3v) is 3.60. The first-order chi connectivity index (χ1) is 10.1. The van der Waals surface area contributed by atoms with E-state index in [1.165, 1.54) is 6.07 Å². The summed E-state index contributed by atoms with van der Waals surface area (Å²) in [5.74, 6) is -1.45. The SMILES string of the molecule is O=C(O)c1ccccc1OCCSc1cc(F)ccc1F. The van der Waals surface area contributed by atoms with Gasteiger partial charge in [-0.3, -0.25) is 0 Å². The van der Waals surface area contributed by atoms with Crippen molar-refractivity contribution in [1.82, 2.24) is 0 Å². The Morgan fingerprint density at radius 3 is 2.71 bits per heavy atom. The Morgan fingerprint density at radius 1 is 1.19 bits per heavy atom. The highest BCUT2D eigenvalue weighted by Crippen LogP contribution is 2.23. The number of hydrogen-bond acceptors (Lipinski definition) is 3. The van der Waals surface area contributed by atoms with E-state index in [2.05, 4.69) is 0 Å². The van der Waals surface area contributed by atoms with Gasteiger partial charge in [-0.15, -0.1) is 11.8 Å². The molecular weight excluding hydrogens is 298 g/mol. The van der Waals surface area contributed by atoms with Crippen molar-refractivity contribution in [1.29, 1.82) is 0 Å². The van der Waals surface area contributed by atoms with Gasteiger partial charge in [0.25, 0.3) is 0 Å². The number of ether oxygens (including phenoxy) is 1. The summed E-state index contributed by atoms with van der Waals surface area (Å²) in [6, 6.07) is 9.50. The van der Waals surface area contributed by atoms with Crippen molar-refractivity contribution in [2.75, 3.05) is 12.4 Å². The molecule has 2 aromatic carbocycles. The van der Waals surface area contributed by atoms with E-state index in [0.717, 1.165) is 30.0 Å². The fourth-order valence-corrected chi connectivity index (χ4v) is 2.45. The molecule has 0 atom stereocenters. The molecule has 1 N–H and O–H groups in total. The highest BCUT2D eigenvalue weighted by Gasteiger charge is 2.10. The molecule has 0 aliphatic rings. The van der Waals surface area contributed by atoms with E-state index in [0.29, 0.717) is 5.75 Å². The van der Waals surface area contributed by atoms with E-state index in [1.54, 1.807) is 18.2 Å². The van der Waals surface area contributed by atoms with Crippen LogP contribution in [0.2, 0.25) is 0 Å². The smallest absolute Gasteiger partial charge is 0.339 e. The van der Waals surface area contributed by atoms with Crippen LogP contribution in [0.15, 0.2) is 47.4 Å². The van der Waals surface area contributed by atoms with Crippen LogP contribution in [-0.2, 0) is 0 Å². The van der Waals surface area contributed by atoms with Crippen LogP contribution in [0.1, 0.15) is 10.4 Å². The fourth-order valence-electron chi connectivity index (χ4n) is 1.66. The van der Waals surface area contributed by atoms with Crippen molar-refractivity contribution in [2.45, 2.75) is 4.90 Å². The molecule has 0 fully saturated rings. The summed E-state index contributed by atoms with van der Waals surface area (Å²) < 4.78 is 31.7. The minimum absolute atomic E-state index is 0.0689. The minimum atomic E-state index is -1.07. The molecule has 2 rings (SSSR count). The summed E-state index contributed by atoms with van der Waals surface area (Å²) >= 11 is 1.11. The molecule has 0 amide bonds. The van der Waals surface area contributed by atoms with Gasteiger partial charge in [-0.25, -0.2) is 13.6 Å². The molecule has 0 saturated carbocycles. The summed E-state index contributed by atoms with van der Waals surface area (Å²) in [5.41, 5.74) is 0.0689. The molecule has 110 valence electrons. The molecule has 0 unspecified atom stereocenters. The number of carbonyl (C=O) groups is 1. The maximum absolute atomic E-state index is 13.4. The number of hydrogen-bond donors (Lipinski definition) is 1. The Bertz CT molecular complexity index is 647. The van der Waals surface area contributed by atoms with Gasteiger partial charge in [-0.1, -0.05) is 12.1 Å². The lowest BCUT2D eigenvalue weighted by molar-refractivity contribution is 0.0692. The second-order valence-corrected chi connectivity index (χ2v) is 5.21. The van der Waals surface area contributed by atoms with Crippen molar-refractivity contribution in [3.8, 4) is 5.75 Å². The van der Waals surface area contributed by atoms with Crippen LogP contribution in [0.3, 0.4) is 0 Å². The zero-order chi connectivity index (χ0) is 15.2. The zero-order valence-corrected chi connectivity index (χ0v) is 11.7. The number of aromatic carboxylic acids is 1. The van der Waals surface area contributed by atoms with Gasteiger partial charge in [-0.2, -0.15) is 0 Å². The molecule has 0 aromatic heterocycles. The number of benzene rings is 2. The first kappa shape index (κ1) is 15.3. The summed E-state index contributed by atoms with van der Waals surface area (Å²) in [4.78, 5) is 11.2. The Labute approximate surface area is 124 Å². The molecule has 0 aliphatic heterocycles. The van der Waals surface area contributed by atoms with Gasteiger partial charge in [0, 0.05) is 10.6 Å². The third-order valence-electron chi connectivity index (χ3n) is 2.61. The molecule has 0 bridgehead atoms. The topological polar surface area (TPSA) is 46.5 Å². The third kappa shape index (κ3) is 4.19. The van der Waals surface area contributed by atoms with E-state index < -0.39 is 17.6 Å². The average Bonchev–Trinajstić information content (AvgIpc) is 2.47. The summed E-state index contributed by atoms with van der Waals surface area (Å²) in [6.07, 6.45) is 0. The lowest BCUT2D eigenvalue weighted by atomic mass is 10.2. The Hall–Kier alpha value is -2.08. The maximum atomic E-state index is 13.4. The van der Waals surface area contributed by atoms with Crippen molar-refractivity contribution in [2.24, 2.45) is 0 Å². The van der Waals surface area contributed by atoms with E-state index in [1.807, 2.05) is 0 Å². The van der Waals surface area contributed by atoms with Crippen LogP contribution in [-0.4, -0.2) is 23.4 Å². The molecule has 0 saturated heterocycles. The Morgan fingerprint density at radius 2 is 1.95 bits per heavy atom. The van der Waals surface area contributed by atoms with Crippen molar-refractivity contribution in [3.05, 3.63) is 59.7 Å². The maximum Gasteiger partial charge on any atom is 0.339 e. The Kier molecular flexibility index (Phi) is 5.16. The quantitative estimate of drug-likeness (QED) is 0.650. The lowest BCUT2D eigenvalue weighted by Gasteiger charge is -2.09. The predicted octanol–water partition coefficient (Wildman–Crippen LogP) is 3.83. The summed E-state index contributed by atoms with van der Waals surface area (Å²) in [6.45, 7) is 0.185.